The summed E-state index contributed by atoms with van der Waals surface area (Å²) >= 11 is 0. The monoisotopic (exact) mass is 387 g/mol. The van der Waals surface area contributed by atoms with Gasteiger partial charge < -0.3 is 15.5 Å². The second-order valence-corrected chi connectivity index (χ2v) is 6.43. The van der Waals surface area contributed by atoms with Crippen molar-refractivity contribution in [3.05, 3.63) is 59.7 Å². The van der Waals surface area contributed by atoms with Gasteiger partial charge in [-0.3, -0.25) is 14.4 Å². The molecule has 3 amide bonds. The summed E-state index contributed by atoms with van der Waals surface area (Å²) in [5.74, 6) is -3.37. The van der Waals surface area contributed by atoms with Crippen LogP contribution in [0.15, 0.2) is 42.5 Å². The molecule has 8 heteroatoms. The number of carbonyl (C=O) groups is 3. The fourth-order valence-electron chi connectivity index (χ4n) is 3.06. The van der Waals surface area contributed by atoms with Gasteiger partial charge in [-0.15, -0.1) is 0 Å². The molecule has 6 nitrogen and oxygen atoms in total. The molecule has 2 aromatic rings. The van der Waals surface area contributed by atoms with Crippen molar-refractivity contribution in [2.75, 3.05) is 23.3 Å². The van der Waals surface area contributed by atoms with Crippen LogP contribution in [0.2, 0.25) is 0 Å². The van der Waals surface area contributed by atoms with Crippen LogP contribution in [0.25, 0.3) is 0 Å². The molecule has 1 saturated heterocycles. The second kappa shape index (κ2) is 8.16. The summed E-state index contributed by atoms with van der Waals surface area (Å²) in [6.45, 7) is 2.27. The highest BCUT2D eigenvalue weighted by Gasteiger charge is 2.36. The van der Waals surface area contributed by atoms with E-state index in [0.29, 0.717) is 23.9 Å². The highest BCUT2D eigenvalue weighted by molar-refractivity contribution is 6.04. The third-order valence-electron chi connectivity index (χ3n) is 4.43. The molecule has 28 heavy (non-hydrogen) atoms. The average Bonchev–Trinajstić information content (AvgIpc) is 3.04. The standard InChI is InChI=1S/C20H19F2N3O3/c1-2-23-19(27)12-4-3-5-15(8-12)24-20(28)13-9-18(26)25(11-13)17-7-6-14(21)10-16(17)22/h3-8,10,13H,2,9,11H2,1H3,(H,23,27)(H,24,28). The summed E-state index contributed by atoms with van der Waals surface area (Å²) in [5, 5.41) is 5.36. The zero-order valence-electron chi connectivity index (χ0n) is 15.2. The van der Waals surface area contributed by atoms with E-state index in [1.807, 2.05) is 0 Å². The maximum atomic E-state index is 14.0. The van der Waals surface area contributed by atoms with Gasteiger partial charge in [-0.05, 0) is 37.3 Å². The molecular weight excluding hydrogens is 368 g/mol. The maximum absolute atomic E-state index is 14.0. The van der Waals surface area contributed by atoms with E-state index in [4.69, 9.17) is 0 Å². The molecule has 0 bridgehead atoms. The molecule has 1 aliphatic heterocycles. The van der Waals surface area contributed by atoms with E-state index in [9.17, 15) is 23.2 Å². The van der Waals surface area contributed by atoms with Crippen LogP contribution < -0.4 is 15.5 Å². The molecular formula is C20H19F2N3O3. The van der Waals surface area contributed by atoms with Crippen LogP contribution in [0.5, 0.6) is 0 Å². The van der Waals surface area contributed by atoms with Crippen molar-refractivity contribution >= 4 is 29.1 Å². The van der Waals surface area contributed by atoms with Crippen molar-refractivity contribution in [2.24, 2.45) is 5.92 Å². The van der Waals surface area contributed by atoms with Crippen LogP contribution in [0, 0.1) is 17.6 Å². The summed E-state index contributed by atoms with van der Waals surface area (Å²) < 4.78 is 27.0. The number of rotatable bonds is 5. The molecule has 1 aliphatic rings. The molecule has 3 rings (SSSR count). The molecule has 0 saturated carbocycles. The number of halogens is 2. The van der Waals surface area contributed by atoms with Gasteiger partial charge in [0.25, 0.3) is 5.91 Å². The predicted octanol–water partition coefficient (Wildman–Crippen LogP) is 2.71. The first kappa shape index (κ1) is 19.5. The van der Waals surface area contributed by atoms with Crippen molar-refractivity contribution in [1.82, 2.24) is 5.32 Å². The van der Waals surface area contributed by atoms with Gasteiger partial charge in [0.05, 0.1) is 11.6 Å². The van der Waals surface area contributed by atoms with Gasteiger partial charge in [0.15, 0.2) is 0 Å². The van der Waals surface area contributed by atoms with E-state index < -0.39 is 29.4 Å². The van der Waals surface area contributed by atoms with E-state index in [0.717, 1.165) is 11.0 Å². The van der Waals surface area contributed by atoms with E-state index in [-0.39, 0.29) is 24.6 Å². The minimum Gasteiger partial charge on any atom is -0.352 e. The van der Waals surface area contributed by atoms with E-state index in [1.54, 1.807) is 25.1 Å². The van der Waals surface area contributed by atoms with Crippen LogP contribution in [-0.2, 0) is 9.59 Å². The lowest BCUT2D eigenvalue weighted by Crippen LogP contribution is -2.29. The summed E-state index contributed by atoms with van der Waals surface area (Å²) in [4.78, 5) is 37.8. The molecule has 0 aromatic heterocycles. The van der Waals surface area contributed by atoms with Crippen molar-refractivity contribution in [3.8, 4) is 0 Å². The summed E-state index contributed by atoms with van der Waals surface area (Å²) in [7, 11) is 0. The number of amides is 3. The molecule has 0 radical (unpaired) electrons. The molecule has 1 atom stereocenters. The highest BCUT2D eigenvalue weighted by Crippen LogP contribution is 2.28. The first-order valence-electron chi connectivity index (χ1n) is 8.83. The van der Waals surface area contributed by atoms with Crippen LogP contribution >= 0.6 is 0 Å². The Bertz CT molecular complexity index is 933. The van der Waals surface area contributed by atoms with E-state index >= 15 is 0 Å². The van der Waals surface area contributed by atoms with Crippen molar-refractivity contribution < 1.29 is 23.2 Å². The SMILES string of the molecule is CCNC(=O)c1cccc(NC(=O)C2CC(=O)N(c3ccc(F)cc3F)C2)c1. The maximum Gasteiger partial charge on any atom is 0.251 e. The van der Waals surface area contributed by atoms with E-state index in [2.05, 4.69) is 10.6 Å². The van der Waals surface area contributed by atoms with Gasteiger partial charge in [0.1, 0.15) is 11.6 Å². The van der Waals surface area contributed by atoms with Gasteiger partial charge in [-0.25, -0.2) is 8.78 Å². The second-order valence-electron chi connectivity index (χ2n) is 6.43. The number of carbonyl (C=O) groups excluding carboxylic acids is 3. The van der Waals surface area contributed by atoms with Gasteiger partial charge in [0.2, 0.25) is 11.8 Å². The number of anilines is 2. The summed E-state index contributed by atoms with van der Waals surface area (Å²) in [6, 6.07) is 9.37. The predicted molar refractivity (Wildman–Crippen MR) is 99.9 cm³/mol. The quantitative estimate of drug-likeness (QED) is 0.828. The molecule has 1 fully saturated rings. The van der Waals surface area contributed by atoms with Crippen molar-refractivity contribution in [1.29, 1.82) is 0 Å². The number of benzene rings is 2. The number of hydrogen-bond acceptors (Lipinski definition) is 3. The molecule has 0 aliphatic carbocycles. The number of hydrogen-bond donors (Lipinski definition) is 2. The zero-order chi connectivity index (χ0) is 20.3. The van der Waals surface area contributed by atoms with Crippen LogP contribution in [0.4, 0.5) is 20.2 Å². The first-order valence-corrected chi connectivity index (χ1v) is 8.83. The molecule has 2 N–H and O–H groups in total. The number of nitrogens with zero attached hydrogens (tertiary/aromatic N) is 1. The van der Waals surface area contributed by atoms with Gasteiger partial charge >= 0.3 is 0 Å². The van der Waals surface area contributed by atoms with Gasteiger partial charge in [-0.1, -0.05) is 6.07 Å². The summed E-state index contributed by atoms with van der Waals surface area (Å²) in [6.07, 6.45) is -0.0847. The normalized spacial score (nSPS) is 16.2. The zero-order valence-corrected chi connectivity index (χ0v) is 15.2. The smallest absolute Gasteiger partial charge is 0.251 e. The Morgan fingerprint density at radius 2 is 1.96 bits per heavy atom. The van der Waals surface area contributed by atoms with Crippen molar-refractivity contribution in [2.45, 2.75) is 13.3 Å². The Kier molecular flexibility index (Phi) is 5.67. The Balaban J connectivity index is 1.70. The lowest BCUT2D eigenvalue weighted by atomic mass is 10.1. The van der Waals surface area contributed by atoms with Crippen LogP contribution in [0.1, 0.15) is 23.7 Å². The fourth-order valence-corrected chi connectivity index (χ4v) is 3.06. The molecule has 1 unspecified atom stereocenters. The largest absolute Gasteiger partial charge is 0.352 e. The lowest BCUT2D eigenvalue weighted by molar-refractivity contribution is -0.122. The van der Waals surface area contributed by atoms with E-state index in [1.165, 1.54) is 12.1 Å². The lowest BCUT2D eigenvalue weighted by Gasteiger charge is -2.17. The summed E-state index contributed by atoms with van der Waals surface area (Å²) in [5.41, 5.74) is 0.768. The molecule has 2 aromatic carbocycles. The Morgan fingerprint density at radius 3 is 2.68 bits per heavy atom. The van der Waals surface area contributed by atoms with Crippen LogP contribution in [0.3, 0.4) is 0 Å². The van der Waals surface area contributed by atoms with Crippen molar-refractivity contribution in [3.63, 3.8) is 0 Å². The number of nitrogens with one attached hydrogen (secondary N) is 2. The first-order chi connectivity index (χ1) is 13.4. The minimum atomic E-state index is -0.857. The fraction of sp³-hybridized carbons (Fsp3) is 0.250. The average molecular weight is 387 g/mol. The van der Waals surface area contributed by atoms with Gasteiger partial charge in [-0.2, -0.15) is 0 Å². The minimum absolute atomic E-state index is 0.0107. The third-order valence-corrected chi connectivity index (χ3v) is 4.43. The molecule has 0 spiro atoms. The topological polar surface area (TPSA) is 78.5 Å². The van der Waals surface area contributed by atoms with Crippen LogP contribution in [-0.4, -0.2) is 30.8 Å². The molecule has 146 valence electrons. The highest BCUT2D eigenvalue weighted by atomic mass is 19.1. The Morgan fingerprint density at radius 1 is 1.18 bits per heavy atom. The Hall–Kier alpha value is -3.29. The molecule has 1 heterocycles. The third kappa shape index (κ3) is 4.16. The Labute approximate surface area is 160 Å². The van der Waals surface area contributed by atoms with Gasteiger partial charge in [0, 0.05) is 36.8 Å².